The lowest BCUT2D eigenvalue weighted by molar-refractivity contribution is 0.0697. The van der Waals surface area contributed by atoms with Gasteiger partial charge >= 0.3 is 5.97 Å². The highest BCUT2D eigenvalue weighted by Crippen LogP contribution is 2.31. The standard InChI is InChI=1S/C27H17N3O3/c28-15-22-13-20(25-14-21(27(31)32)10-11-30-25)6-8-24(22)19-7-9-26(23(12-19)16-29)33-17-18-4-2-1-3-5-18/h1-14H,17H2,(H,31,32). The molecule has 33 heavy (non-hydrogen) atoms. The van der Waals surface area contributed by atoms with E-state index in [-0.39, 0.29) is 5.56 Å². The third-order valence-electron chi connectivity index (χ3n) is 5.09. The predicted molar refractivity (Wildman–Crippen MR) is 122 cm³/mol. The van der Waals surface area contributed by atoms with Crippen molar-refractivity contribution in [3.8, 4) is 40.3 Å². The van der Waals surface area contributed by atoms with Crippen molar-refractivity contribution in [3.63, 3.8) is 0 Å². The molecule has 4 rings (SSSR count). The molecular weight excluding hydrogens is 414 g/mol. The Morgan fingerprint density at radius 1 is 0.879 bits per heavy atom. The van der Waals surface area contributed by atoms with Crippen molar-refractivity contribution in [2.75, 3.05) is 0 Å². The third kappa shape index (κ3) is 4.71. The van der Waals surface area contributed by atoms with Crippen LogP contribution in [0.3, 0.4) is 0 Å². The molecule has 1 heterocycles. The van der Waals surface area contributed by atoms with E-state index < -0.39 is 5.97 Å². The van der Waals surface area contributed by atoms with Gasteiger partial charge in [0.05, 0.1) is 28.5 Å². The van der Waals surface area contributed by atoms with E-state index in [9.17, 15) is 20.4 Å². The van der Waals surface area contributed by atoms with Gasteiger partial charge in [0.1, 0.15) is 18.4 Å². The molecule has 0 aliphatic carbocycles. The van der Waals surface area contributed by atoms with Gasteiger partial charge in [0.15, 0.2) is 0 Å². The van der Waals surface area contributed by atoms with Gasteiger partial charge in [-0.1, -0.05) is 48.5 Å². The minimum atomic E-state index is -1.05. The van der Waals surface area contributed by atoms with Crippen LogP contribution in [-0.4, -0.2) is 16.1 Å². The normalized spacial score (nSPS) is 10.1. The van der Waals surface area contributed by atoms with Crippen molar-refractivity contribution in [1.29, 1.82) is 10.5 Å². The largest absolute Gasteiger partial charge is 0.488 e. The number of carboxylic acid groups (broad SMARTS) is 1. The van der Waals surface area contributed by atoms with E-state index in [1.54, 1.807) is 36.4 Å². The molecule has 0 fully saturated rings. The first-order valence-electron chi connectivity index (χ1n) is 10.0. The van der Waals surface area contributed by atoms with Gasteiger partial charge in [0.25, 0.3) is 0 Å². The van der Waals surface area contributed by atoms with Crippen LogP contribution in [0.25, 0.3) is 22.4 Å². The van der Waals surface area contributed by atoms with E-state index in [0.717, 1.165) is 5.56 Å². The van der Waals surface area contributed by atoms with Crippen LogP contribution in [-0.2, 0) is 6.61 Å². The number of hydrogen-bond donors (Lipinski definition) is 1. The molecule has 3 aromatic carbocycles. The minimum Gasteiger partial charge on any atom is -0.488 e. The fourth-order valence-corrected chi connectivity index (χ4v) is 3.42. The first-order chi connectivity index (χ1) is 16.1. The quantitative estimate of drug-likeness (QED) is 0.436. The summed E-state index contributed by atoms with van der Waals surface area (Å²) in [5.74, 6) is -0.579. The van der Waals surface area contributed by atoms with Crippen LogP contribution in [0.2, 0.25) is 0 Å². The third-order valence-corrected chi connectivity index (χ3v) is 5.09. The summed E-state index contributed by atoms with van der Waals surface area (Å²) in [6.45, 7) is 0.343. The van der Waals surface area contributed by atoms with E-state index in [4.69, 9.17) is 4.74 Å². The summed E-state index contributed by atoms with van der Waals surface area (Å²) in [6, 6.07) is 27.3. The van der Waals surface area contributed by atoms with Crippen molar-refractivity contribution < 1.29 is 14.6 Å². The molecular formula is C27H17N3O3. The lowest BCUT2D eigenvalue weighted by Gasteiger charge is -2.11. The Kier molecular flexibility index (Phi) is 6.11. The maximum absolute atomic E-state index is 11.2. The molecule has 0 saturated heterocycles. The lowest BCUT2D eigenvalue weighted by Crippen LogP contribution is -1.98. The van der Waals surface area contributed by atoms with Crippen molar-refractivity contribution in [2.24, 2.45) is 0 Å². The van der Waals surface area contributed by atoms with Gasteiger partial charge in [-0.05, 0) is 47.0 Å². The van der Waals surface area contributed by atoms with E-state index in [2.05, 4.69) is 17.1 Å². The second-order valence-electron chi connectivity index (χ2n) is 7.20. The first kappa shape index (κ1) is 21.3. The molecule has 0 saturated carbocycles. The highest BCUT2D eigenvalue weighted by atomic mass is 16.5. The summed E-state index contributed by atoms with van der Waals surface area (Å²) in [4.78, 5) is 15.5. The van der Waals surface area contributed by atoms with Crippen molar-refractivity contribution in [2.45, 2.75) is 6.61 Å². The Morgan fingerprint density at radius 2 is 1.61 bits per heavy atom. The molecule has 1 aromatic heterocycles. The first-order valence-corrected chi connectivity index (χ1v) is 10.0. The van der Waals surface area contributed by atoms with Gasteiger partial charge in [-0.3, -0.25) is 4.98 Å². The molecule has 4 aromatic rings. The van der Waals surface area contributed by atoms with Gasteiger partial charge < -0.3 is 9.84 Å². The number of benzene rings is 3. The number of rotatable bonds is 6. The Hall–Kier alpha value is -4.94. The summed E-state index contributed by atoms with van der Waals surface area (Å²) in [6.07, 6.45) is 1.42. The monoisotopic (exact) mass is 431 g/mol. The van der Waals surface area contributed by atoms with E-state index in [0.29, 0.717) is 45.9 Å². The average Bonchev–Trinajstić information content (AvgIpc) is 2.87. The predicted octanol–water partition coefficient (Wildman–Crippen LogP) is 5.44. The van der Waals surface area contributed by atoms with Crippen LogP contribution in [0.5, 0.6) is 5.75 Å². The van der Waals surface area contributed by atoms with Crippen molar-refractivity contribution in [3.05, 3.63) is 107 Å². The van der Waals surface area contributed by atoms with Crippen LogP contribution >= 0.6 is 0 Å². The fourth-order valence-electron chi connectivity index (χ4n) is 3.42. The Labute approximate surface area is 190 Å². The Balaban J connectivity index is 1.65. The number of ether oxygens (including phenoxy) is 1. The fraction of sp³-hybridized carbons (Fsp3) is 0.0370. The number of pyridine rings is 1. The van der Waals surface area contributed by atoms with Crippen LogP contribution in [0.4, 0.5) is 0 Å². The number of nitriles is 2. The second-order valence-corrected chi connectivity index (χ2v) is 7.20. The van der Waals surface area contributed by atoms with Gasteiger partial charge in [-0.25, -0.2) is 4.79 Å². The zero-order valence-electron chi connectivity index (χ0n) is 17.4. The van der Waals surface area contributed by atoms with Crippen LogP contribution in [0, 0.1) is 22.7 Å². The maximum Gasteiger partial charge on any atom is 0.335 e. The highest BCUT2D eigenvalue weighted by molar-refractivity contribution is 5.89. The minimum absolute atomic E-state index is 0.118. The molecule has 0 unspecified atom stereocenters. The molecule has 0 radical (unpaired) electrons. The molecule has 0 bridgehead atoms. The van der Waals surface area contributed by atoms with E-state index in [1.807, 2.05) is 30.3 Å². The number of aromatic carboxylic acids is 1. The van der Waals surface area contributed by atoms with Crippen LogP contribution in [0.1, 0.15) is 27.0 Å². The SMILES string of the molecule is N#Cc1cc(-c2ccc(-c3cc(C(=O)O)ccn3)cc2C#N)ccc1OCc1ccccc1. The Bertz CT molecular complexity index is 1420. The molecule has 0 aliphatic heterocycles. The lowest BCUT2D eigenvalue weighted by atomic mass is 9.95. The topological polar surface area (TPSA) is 107 Å². The average molecular weight is 431 g/mol. The zero-order chi connectivity index (χ0) is 23.2. The van der Waals surface area contributed by atoms with Gasteiger partial charge in [-0.15, -0.1) is 0 Å². The summed E-state index contributed by atoms with van der Waals surface area (Å²) >= 11 is 0. The van der Waals surface area contributed by atoms with Crippen LogP contribution in [0.15, 0.2) is 85.1 Å². The van der Waals surface area contributed by atoms with Crippen molar-refractivity contribution in [1.82, 2.24) is 4.98 Å². The maximum atomic E-state index is 11.2. The van der Waals surface area contributed by atoms with Crippen molar-refractivity contribution >= 4 is 5.97 Å². The summed E-state index contributed by atoms with van der Waals surface area (Å²) in [5.41, 5.74) is 4.31. The number of aromatic nitrogens is 1. The molecule has 6 nitrogen and oxygen atoms in total. The van der Waals surface area contributed by atoms with Gasteiger partial charge in [-0.2, -0.15) is 10.5 Å². The number of nitrogens with zero attached hydrogens (tertiary/aromatic N) is 3. The van der Waals surface area contributed by atoms with Gasteiger partial charge in [0, 0.05) is 11.8 Å². The smallest absolute Gasteiger partial charge is 0.335 e. The van der Waals surface area contributed by atoms with E-state index in [1.165, 1.54) is 18.3 Å². The van der Waals surface area contributed by atoms with Gasteiger partial charge in [0.2, 0.25) is 0 Å². The van der Waals surface area contributed by atoms with E-state index >= 15 is 0 Å². The summed E-state index contributed by atoms with van der Waals surface area (Å²) < 4.78 is 5.83. The molecule has 1 N–H and O–H groups in total. The number of hydrogen-bond acceptors (Lipinski definition) is 5. The zero-order valence-corrected chi connectivity index (χ0v) is 17.4. The molecule has 6 heteroatoms. The molecule has 0 spiro atoms. The van der Waals surface area contributed by atoms with Crippen LogP contribution < -0.4 is 4.74 Å². The summed E-state index contributed by atoms with van der Waals surface area (Å²) in [7, 11) is 0. The number of carboxylic acids is 1. The highest BCUT2D eigenvalue weighted by Gasteiger charge is 2.13. The second kappa shape index (κ2) is 9.47. The molecule has 158 valence electrons. The molecule has 0 aliphatic rings. The summed E-state index contributed by atoms with van der Waals surface area (Å²) in [5, 5.41) is 28.6. The Morgan fingerprint density at radius 3 is 2.33 bits per heavy atom. The number of carbonyl (C=O) groups is 1. The molecule has 0 atom stereocenters. The molecule has 0 amide bonds.